The van der Waals surface area contributed by atoms with E-state index in [1.54, 1.807) is 11.3 Å². The van der Waals surface area contributed by atoms with Gasteiger partial charge in [-0.25, -0.2) is 0 Å². The van der Waals surface area contributed by atoms with Gasteiger partial charge in [-0.3, -0.25) is 0 Å². The average molecular weight is 224 g/mol. The van der Waals surface area contributed by atoms with Crippen molar-refractivity contribution in [2.75, 3.05) is 6.61 Å². The van der Waals surface area contributed by atoms with E-state index in [1.165, 1.54) is 0 Å². The van der Waals surface area contributed by atoms with Gasteiger partial charge < -0.3 is 9.84 Å². The van der Waals surface area contributed by atoms with Gasteiger partial charge >= 0.3 is 0 Å². The molecule has 3 heteroatoms. The van der Waals surface area contributed by atoms with Crippen molar-refractivity contribution < 1.29 is 9.84 Å². The van der Waals surface area contributed by atoms with E-state index in [2.05, 4.69) is 11.8 Å². The number of thiophene rings is 1. The first-order chi connectivity index (χ1) is 7.01. The largest absolute Gasteiger partial charge is 0.384 e. The quantitative estimate of drug-likeness (QED) is 0.782. The van der Waals surface area contributed by atoms with Crippen molar-refractivity contribution in [3.63, 3.8) is 0 Å². The highest BCUT2D eigenvalue weighted by Gasteiger charge is 2.10. The van der Waals surface area contributed by atoms with Gasteiger partial charge in [0.05, 0.1) is 12.2 Å². The summed E-state index contributed by atoms with van der Waals surface area (Å²) in [5.41, 5.74) is 0.836. The second kappa shape index (κ2) is 5.32. The van der Waals surface area contributed by atoms with Crippen molar-refractivity contribution in [1.29, 1.82) is 0 Å². The predicted molar refractivity (Wildman–Crippen MR) is 62.8 cm³/mol. The monoisotopic (exact) mass is 224 g/mol. The highest BCUT2D eigenvalue weighted by Crippen LogP contribution is 2.18. The molecular formula is C12H16O2S. The second-order valence-electron chi connectivity index (χ2n) is 4.16. The fourth-order valence-corrected chi connectivity index (χ4v) is 1.68. The summed E-state index contributed by atoms with van der Waals surface area (Å²) in [5, 5.41) is 10.5. The van der Waals surface area contributed by atoms with Crippen LogP contribution in [-0.2, 0) is 11.3 Å². The molecule has 0 bridgehead atoms. The van der Waals surface area contributed by atoms with Crippen molar-refractivity contribution in [2.24, 2.45) is 0 Å². The van der Waals surface area contributed by atoms with Crippen LogP contribution >= 0.6 is 11.3 Å². The summed E-state index contributed by atoms with van der Waals surface area (Å²) in [7, 11) is 0. The van der Waals surface area contributed by atoms with Crippen LogP contribution < -0.4 is 0 Å². The second-order valence-corrected chi connectivity index (χ2v) is 5.16. The molecule has 1 N–H and O–H groups in total. The molecule has 0 aliphatic heterocycles. The van der Waals surface area contributed by atoms with Crippen LogP contribution in [0.25, 0.3) is 0 Å². The van der Waals surface area contributed by atoms with Crippen molar-refractivity contribution in [2.45, 2.75) is 33.0 Å². The fourth-order valence-electron chi connectivity index (χ4n) is 0.951. The zero-order valence-corrected chi connectivity index (χ0v) is 10.1. The molecular weight excluding hydrogens is 208 g/mol. The average Bonchev–Trinajstić information content (AvgIpc) is 2.58. The fraction of sp³-hybridized carbons (Fsp3) is 0.500. The van der Waals surface area contributed by atoms with E-state index in [4.69, 9.17) is 9.84 Å². The number of rotatable bonds is 2. The zero-order valence-electron chi connectivity index (χ0n) is 9.33. The Morgan fingerprint density at radius 1 is 1.47 bits per heavy atom. The Bertz CT molecular complexity index is 363. The molecule has 0 saturated heterocycles. The molecule has 1 aromatic heterocycles. The lowest BCUT2D eigenvalue weighted by atomic mass is 10.2. The van der Waals surface area contributed by atoms with Gasteiger partial charge in [0.25, 0.3) is 0 Å². The lowest BCUT2D eigenvalue weighted by Gasteiger charge is -2.18. The summed E-state index contributed by atoms with van der Waals surface area (Å²) in [5.74, 6) is 5.49. The maximum Gasteiger partial charge on any atom is 0.104 e. The molecule has 0 spiro atoms. The summed E-state index contributed by atoms with van der Waals surface area (Å²) >= 11 is 1.63. The molecule has 0 saturated carbocycles. The Kier molecular flexibility index (Phi) is 4.34. The van der Waals surface area contributed by atoms with Crippen LogP contribution in [0.1, 0.15) is 31.2 Å². The van der Waals surface area contributed by atoms with E-state index in [0.29, 0.717) is 6.61 Å². The molecule has 0 fully saturated rings. The minimum Gasteiger partial charge on any atom is -0.384 e. The normalized spacial score (nSPS) is 10.9. The Labute approximate surface area is 94.9 Å². The van der Waals surface area contributed by atoms with Gasteiger partial charge in [-0.1, -0.05) is 11.8 Å². The third kappa shape index (κ3) is 4.98. The molecule has 0 amide bonds. The van der Waals surface area contributed by atoms with Gasteiger partial charge in [-0.15, -0.1) is 11.3 Å². The van der Waals surface area contributed by atoms with Crippen LogP contribution in [0.2, 0.25) is 0 Å². The number of hydrogen-bond acceptors (Lipinski definition) is 3. The maximum absolute atomic E-state index is 8.55. The first-order valence-electron chi connectivity index (χ1n) is 4.82. The van der Waals surface area contributed by atoms with E-state index >= 15 is 0 Å². The molecule has 0 aromatic carbocycles. The molecule has 2 nitrogen and oxygen atoms in total. The molecule has 0 atom stereocenters. The summed E-state index contributed by atoms with van der Waals surface area (Å²) < 4.78 is 5.65. The Morgan fingerprint density at radius 2 is 2.20 bits per heavy atom. The van der Waals surface area contributed by atoms with Crippen LogP contribution in [0.3, 0.4) is 0 Å². The van der Waals surface area contributed by atoms with E-state index in [0.717, 1.165) is 10.4 Å². The van der Waals surface area contributed by atoms with Gasteiger partial charge in [-0.05, 0) is 26.8 Å². The topological polar surface area (TPSA) is 29.5 Å². The number of aliphatic hydroxyl groups is 1. The van der Waals surface area contributed by atoms with Gasteiger partial charge in [0.1, 0.15) is 6.61 Å². The van der Waals surface area contributed by atoms with Gasteiger partial charge in [0, 0.05) is 15.8 Å². The molecule has 0 radical (unpaired) electrons. The molecule has 0 unspecified atom stereocenters. The smallest absolute Gasteiger partial charge is 0.104 e. The van der Waals surface area contributed by atoms with Gasteiger partial charge in [0.15, 0.2) is 0 Å². The summed E-state index contributed by atoms with van der Waals surface area (Å²) in [6.45, 7) is 6.63. The van der Waals surface area contributed by atoms with Crippen molar-refractivity contribution >= 4 is 11.3 Å². The Morgan fingerprint density at radius 3 is 2.80 bits per heavy atom. The summed E-state index contributed by atoms with van der Waals surface area (Å²) in [4.78, 5) is 1.16. The molecule has 15 heavy (non-hydrogen) atoms. The molecule has 1 heterocycles. The van der Waals surface area contributed by atoms with E-state index in [9.17, 15) is 0 Å². The van der Waals surface area contributed by atoms with Crippen LogP contribution in [0, 0.1) is 11.8 Å². The van der Waals surface area contributed by atoms with Crippen LogP contribution in [0.15, 0.2) is 11.4 Å². The highest BCUT2D eigenvalue weighted by molar-refractivity contribution is 7.10. The van der Waals surface area contributed by atoms with Crippen LogP contribution in [-0.4, -0.2) is 17.3 Å². The Balaban J connectivity index is 2.53. The minimum absolute atomic E-state index is 0.0936. The molecule has 0 aliphatic carbocycles. The predicted octanol–water partition coefficient (Wildman–Crippen LogP) is 2.41. The molecule has 1 aromatic rings. The maximum atomic E-state index is 8.55. The first kappa shape index (κ1) is 12.3. The number of ether oxygens (including phenoxy) is 1. The lowest BCUT2D eigenvalue weighted by Crippen LogP contribution is -2.18. The van der Waals surface area contributed by atoms with Crippen LogP contribution in [0.4, 0.5) is 0 Å². The lowest BCUT2D eigenvalue weighted by molar-refractivity contribution is -0.0136. The van der Waals surface area contributed by atoms with Crippen molar-refractivity contribution in [3.8, 4) is 11.8 Å². The SMILES string of the molecule is CC(C)(C)OCc1cc(C#CCO)cs1. The summed E-state index contributed by atoms with van der Waals surface area (Å²) in [6.07, 6.45) is 0. The van der Waals surface area contributed by atoms with Crippen LogP contribution in [0.5, 0.6) is 0 Å². The van der Waals surface area contributed by atoms with Crippen molar-refractivity contribution in [3.05, 3.63) is 21.9 Å². The standard InChI is InChI=1S/C12H16O2S/c1-12(2,3)14-8-11-7-10(9-15-11)5-4-6-13/h7,9,13H,6,8H2,1-3H3. The third-order valence-corrected chi connectivity index (χ3v) is 2.52. The van der Waals surface area contributed by atoms with E-state index in [1.807, 2.05) is 32.2 Å². The highest BCUT2D eigenvalue weighted by atomic mass is 32.1. The first-order valence-corrected chi connectivity index (χ1v) is 5.70. The Hall–Kier alpha value is -0.820. The zero-order chi connectivity index (χ0) is 11.3. The van der Waals surface area contributed by atoms with E-state index in [-0.39, 0.29) is 12.2 Å². The molecule has 1 rings (SSSR count). The van der Waals surface area contributed by atoms with Crippen molar-refractivity contribution in [1.82, 2.24) is 0 Å². The summed E-state index contributed by atoms with van der Waals surface area (Å²) in [6, 6.07) is 2.00. The van der Waals surface area contributed by atoms with Gasteiger partial charge in [-0.2, -0.15) is 0 Å². The molecule has 82 valence electrons. The minimum atomic E-state index is -0.110. The third-order valence-electron chi connectivity index (χ3n) is 1.61. The molecule has 0 aliphatic rings. The number of aliphatic hydroxyl groups excluding tert-OH is 1. The van der Waals surface area contributed by atoms with E-state index < -0.39 is 0 Å². The van der Waals surface area contributed by atoms with Gasteiger partial charge in [0.2, 0.25) is 0 Å². The number of hydrogen-bond donors (Lipinski definition) is 1.